The van der Waals surface area contributed by atoms with Crippen molar-refractivity contribution in [3.63, 3.8) is 0 Å². The smallest absolute Gasteiger partial charge is 0.208 e. The number of morpholine rings is 1. The van der Waals surface area contributed by atoms with Crippen molar-refractivity contribution in [2.45, 2.75) is 38.1 Å². The molecular weight excluding hydrogens is 238 g/mol. The van der Waals surface area contributed by atoms with Crippen molar-refractivity contribution in [3.8, 4) is 0 Å². The third kappa shape index (κ3) is 2.47. The van der Waals surface area contributed by atoms with Crippen LogP contribution in [-0.2, 0) is 10.5 Å². The highest BCUT2D eigenvalue weighted by molar-refractivity contribution is 6.30. The molecule has 2 atom stereocenters. The fourth-order valence-corrected chi connectivity index (χ4v) is 2.38. The first kappa shape index (κ1) is 12.8. The lowest BCUT2D eigenvalue weighted by Gasteiger charge is -2.46. The Morgan fingerprint density at radius 2 is 2.18 bits per heavy atom. The lowest BCUT2D eigenvalue weighted by atomic mass is 9.93. The maximum absolute atomic E-state index is 10.6. The van der Waals surface area contributed by atoms with Gasteiger partial charge in [0.15, 0.2) is 0 Å². The van der Waals surface area contributed by atoms with Gasteiger partial charge in [-0.2, -0.15) is 0 Å². The molecule has 0 bridgehead atoms. The van der Waals surface area contributed by atoms with Crippen LogP contribution in [0.1, 0.15) is 26.3 Å². The lowest BCUT2D eigenvalue weighted by molar-refractivity contribution is -0.263. The summed E-state index contributed by atoms with van der Waals surface area (Å²) in [5.41, 5.74) is 0.546. The molecule has 94 valence electrons. The van der Waals surface area contributed by atoms with E-state index in [-0.39, 0.29) is 11.6 Å². The maximum Gasteiger partial charge on any atom is 0.208 e. The maximum atomic E-state index is 10.6. The van der Waals surface area contributed by atoms with Gasteiger partial charge in [0, 0.05) is 16.1 Å². The highest BCUT2D eigenvalue weighted by Crippen LogP contribution is 2.33. The third-order valence-corrected chi connectivity index (χ3v) is 3.32. The SMILES string of the molecule is C[C@@H]1NC(C)(C)CO[C@]1(O)c1cccc(Cl)c1. The molecule has 1 aromatic rings. The molecule has 0 aliphatic carbocycles. The summed E-state index contributed by atoms with van der Waals surface area (Å²) in [5, 5.41) is 14.6. The third-order valence-electron chi connectivity index (χ3n) is 3.09. The summed E-state index contributed by atoms with van der Waals surface area (Å²) in [5.74, 6) is -1.32. The minimum atomic E-state index is -1.32. The predicted octanol–water partition coefficient (Wildman–Crippen LogP) is 2.27. The van der Waals surface area contributed by atoms with Crippen LogP contribution in [0.3, 0.4) is 0 Å². The topological polar surface area (TPSA) is 41.5 Å². The van der Waals surface area contributed by atoms with Crippen molar-refractivity contribution < 1.29 is 9.84 Å². The average molecular weight is 256 g/mol. The Hall–Kier alpha value is -0.610. The molecule has 2 rings (SSSR count). The number of ether oxygens (including phenoxy) is 1. The largest absolute Gasteiger partial charge is 0.361 e. The predicted molar refractivity (Wildman–Crippen MR) is 68.0 cm³/mol. The van der Waals surface area contributed by atoms with Crippen molar-refractivity contribution in [1.82, 2.24) is 5.32 Å². The van der Waals surface area contributed by atoms with Gasteiger partial charge in [0.05, 0.1) is 12.6 Å². The monoisotopic (exact) mass is 255 g/mol. The van der Waals surface area contributed by atoms with Gasteiger partial charge in [-0.15, -0.1) is 0 Å². The van der Waals surface area contributed by atoms with Crippen LogP contribution in [0.4, 0.5) is 0 Å². The first-order valence-electron chi connectivity index (χ1n) is 5.74. The number of aliphatic hydroxyl groups is 1. The quantitative estimate of drug-likeness (QED) is 0.809. The van der Waals surface area contributed by atoms with E-state index >= 15 is 0 Å². The first-order chi connectivity index (χ1) is 7.83. The van der Waals surface area contributed by atoms with Gasteiger partial charge in [-0.3, -0.25) is 0 Å². The molecule has 0 spiro atoms. The first-order valence-corrected chi connectivity index (χ1v) is 6.11. The Labute approximate surface area is 107 Å². The van der Waals surface area contributed by atoms with Crippen molar-refractivity contribution in [2.75, 3.05) is 6.61 Å². The van der Waals surface area contributed by atoms with Gasteiger partial charge in [-0.1, -0.05) is 23.7 Å². The summed E-state index contributed by atoms with van der Waals surface area (Å²) in [4.78, 5) is 0. The van der Waals surface area contributed by atoms with Gasteiger partial charge in [-0.05, 0) is 32.9 Å². The normalized spacial score (nSPS) is 32.4. The highest BCUT2D eigenvalue weighted by Gasteiger charge is 2.44. The van der Waals surface area contributed by atoms with E-state index in [1.54, 1.807) is 12.1 Å². The molecule has 0 aromatic heterocycles. The van der Waals surface area contributed by atoms with Gasteiger partial charge in [0.1, 0.15) is 0 Å². The van der Waals surface area contributed by atoms with Crippen LogP contribution in [0.15, 0.2) is 24.3 Å². The fourth-order valence-electron chi connectivity index (χ4n) is 2.19. The van der Waals surface area contributed by atoms with Crippen molar-refractivity contribution >= 4 is 11.6 Å². The molecule has 1 aliphatic heterocycles. The van der Waals surface area contributed by atoms with Crippen LogP contribution in [0.5, 0.6) is 0 Å². The van der Waals surface area contributed by atoms with E-state index in [0.717, 1.165) is 0 Å². The zero-order valence-corrected chi connectivity index (χ0v) is 11.1. The molecule has 1 aliphatic rings. The average Bonchev–Trinajstić information content (AvgIpc) is 2.24. The summed E-state index contributed by atoms with van der Waals surface area (Å²) < 4.78 is 5.67. The number of hydrogen-bond donors (Lipinski definition) is 2. The van der Waals surface area contributed by atoms with E-state index in [9.17, 15) is 5.11 Å². The molecule has 17 heavy (non-hydrogen) atoms. The molecule has 4 heteroatoms. The molecule has 1 aromatic carbocycles. The second-order valence-electron chi connectivity index (χ2n) is 5.25. The Morgan fingerprint density at radius 1 is 1.47 bits per heavy atom. The lowest BCUT2D eigenvalue weighted by Crippen LogP contribution is -2.63. The molecule has 3 nitrogen and oxygen atoms in total. The Kier molecular flexibility index (Phi) is 3.21. The van der Waals surface area contributed by atoms with Crippen LogP contribution < -0.4 is 5.32 Å². The molecule has 0 unspecified atom stereocenters. The Balaban J connectivity index is 2.31. The van der Waals surface area contributed by atoms with Crippen LogP contribution in [0, 0.1) is 0 Å². The molecule has 2 N–H and O–H groups in total. The van der Waals surface area contributed by atoms with Crippen molar-refractivity contribution in [2.24, 2.45) is 0 Å². The summed E-state index contributed by atoms with van der Waals surface area (Å²) >= 11 is 5.94. The van der Waals surface area contributed by atoms with Crippen LogP contribution in [0.25, 0.3) is 0 Å². The number of rotatable bonds is 1. The van der Waals surface area contributed by atoms with E-state index in [1.807, 2.05) is 32.9 Å². The molecule has 0 saturated carbocycles. The summed E-state index contributed by atoms with van der Waals surface area (Å²) in [7, 11) is 0. The zero-order chi connectivity index (χ0) is 12.7. The zero-order valence-electron chi connectivity index (χ0n) is 10.3. The second-order valence-corrected chi connectivity index (χ2v) is 5.68. The number of halogens is 1. The summed E-state index contributed by atoms with van der Waals surface area (Å²) in [6.45, 7) is 6.43. The minimum absolute atomic E-state index is 0.135. The van der Waals surface area contributed by atoms with E-state index in [1.165, 1.54) is 0 Å². The Bertz CT molecular complexity index is 422. The van der Waals surface area contributed by atoms with Gasteiger partial charge < -0.3 is 15.2 Å². The van der Waals surface area contributed by atoms with E-state index in [2.05, 4.69) is 5.32 Å². The van der Waals surface area contributed by atoms with Crippen LogP contribution in [0.2, 0.25) is 5.02 Å². The highest BCUT2D eigenvalue weighted by atomic mass is 35.5. The molecule has 0 amide bonds. The van der Waals surface area contributed by atoms with Crippen LogP contribution in [-0.4, -0.2) is 23.3 Å². The van der Waals surface area contributed by atoms with Gasteiger partial charge >= 0.3 is 0 Å². The van der Waals surface area contributed by atoms with E-state index in [4.69, 9.17) is 16.3 Å². The van der Waals surface area contributed by atoms with E-state index in [0.29, 0.717) is 17.2 Å². The van der Waals surface area contributed by atoms with Crippen molar-refractivity contribution in [1.29, 1.82) is 0 Å². The van der Waals surface area contributed by atoms with Crippen LogP contribution >= 0.6 is 11.6 Å². The molecule has 1 fully saturated rings. The second kappa shape index (κ2) is 4.25. The van der Waals surface area contributed by atoms with Gasteiger partial charge in [0.25, 0.3) is 0 Å². The molecule has 1 heterocycles. The van der Waals surface area contributed by atoms with Crippen molar-refractivity contribution in [3.05, 3.63) is 34.9 Å². The molecule has 0 radical (unpaired) electrons. The fraction of sp³-hybridized carbons (Fsp3) is 0.538. The number of nitrogens with one attached hydrogen (secondary N) is 1. The summed E-state index contributed by atoms with van der Waals surface area (Å²) in [6, 6.07) is 6.94. The van der Waals surface area contributed by atoms with Gasteiger partial charge in [0.2, 0.25) is 5.79 Å². The van der Waals surface area contributed by atoms with E-state index < -0.39 is 5.79 Å². The molecular formula is C13H18ClNO2. The number of benzene rings is 1. The summed E-state index contributed by atoms with van der Waals surface area (Å²) in [6.07, 6.45) is 0. The van der Waals surface area contributed by atoms with Gasteiger partial charge in [-0.25, -0.2) is 0 Å². The number of hydrogen-bond acceptors (Lipinski definition) is 3. The Morgan fingerprint density at radius 3 is 2.76 bits per heavy atom. The minimum Gasteiger partial charge on any atom is -0.361 e. The standard InChI is InChI=1S/C13H18ClNO2/c1-9-13(16,17-8-12(2,3)15-9)10-5-4-6-11(14)7-10/h4-7,9,15-16H,8H2,1-3H3/t9-,13-/m0/s1. The molecule has 1 saturated heterocycles.